The van der Waals surface area contributed by atoms with Crippen molar-refractivity contribution in [2.24, 2.45) is 0 Å². The van der Waals surface area contributed by atoms with Gasteiger partial charge < -0.3 is 10.1 Å². The number of aldehydes is 1. The van der Waals surface area contributed by atoms with Crippen molar-refractivity contribution in [3.05, 3.63) is 29.8 Å². The molecule has 1 aromatic rings. The number of hydrogen-bond acceptors (Lipinski definition) is 3. The highest BCUT2D eigenvalue weighted by atomic mass is 16.5. The van der Waals surface area contributed by atoms with E-state index in [4.69, 9.17) is 4.74 Å². The van der Waals surface area contributed by atoms with Crippen molar-refractivity contribution in [2.75, 3.05) is 13.7 Å². The summed E-state index contributed by atoms with van der Waals surface area (Å²) >= 11 is 0. The van der Waals surface area contributed by atoms with Gasteiger partial charge in [-0.25, -0.2) is 0 Å². The molecule has 1 amide bonds. The van der Waals surface area contributed by atoms with Crippen LogP contribution < -0.4 is 10.1 Å². The Balaban J connectivity index is 2.43. The summed E-state index contributed by atoms with van der Waals surface area (Å²) in [6, 6.07) is 7.58. The highest BCUT2D eigenvalue weighted by Gasteiger charge is 1.98. The Morgan fingerprint density at radius 3 is 3.00 bits per heavy atom. The second kappa shape index (κ2) is 5.80. The van der Waals surface area contributed by atoms with Gasteiger partial charge in [-0.3, -0.25) is 9.59 Å². The maximum absolute atomic E-state index is 10.6. The van der Waals surface area contributed by atoms with Crippen LogP contribution >= 0.6 is 0 Å². The second-order valence-corrected chi connectivity index (χ2v) is 3.01. The molecule has 0 aromatic heterocycles. The fraction of sp³-hybridized carbons (Fsp3) is 0.273. The predicted molar refractivity (Wildman–Crippen MR) is 55.8 cm³/mol. The molecule has 1 rings (SSSR count). The van der Waals surface area contributed by atoms with Crippen molar-refractivity contribution >= 4 is 12.2 Å². The van der Waals surface area contributed by atoms with Gasteiger partial charge in [-0.15, -0.1) is 0 Å². The van der Waals surface area contributed by atoms with Crippen molar-refractivity contribution in [1.29, 1.82) is 0 Å². The van der Waals surface area contributed by atoms with Gasteiger partial charge in [0.1, 0.15) is 5.75 Å². The van der Waals surface area contributed by atoms with Gasteiger partial charge in [-0.2, -0.15) is 0 Å². The summed E-state index contributed by atoms with van der Waals surface area (Å²) in [5.74, 6) is 0.201. The number of carbonyl (C=O) groups excluding carboxylic acids is 2. The molecule has 0 atom stereocenters. The topological polar surface area (TPSA) is 55.4 Å². The Labute approximate surface area is 88.2 Å². The molecule has 1 aromatic carbocycles. The lowest BCUT2D eigenvalue weighted by Gasteiger charge is -2.04. The number of ether oxygens (including phenoxy) is 1. The highest BCUT2D eigenvalue weighted by Crippen LogP contribution is 2.12. The lowest BCUT2D eigenvalue weighted by Crippen LogP contribution is -2.26. The predicted octanol–water partition coefficient (Wildman–Crippen LogP) is 0.553. The molecule has 0 saturated heterocycles. The molecule has 0 aliphatic rings. The monoisotopic (exact) mass is 207 g/mol. The van der Waals surface area contributed by atoms with Crippen LogP contribution in [-0.2, 0) is 16.0 Å². The van der Waals surface area contributed by atoms with Crippen molar-refractivity contribution < 1.29 is 14.3 Å². The van der Waals surface area contributed by atoms with Gasteiger partial charge >= 0.3 is 0 Å². The first-order valence-electron chi connectivity index (χ1n) is 4.62. The molecule has 0 radical (unpaired) electrons. The minimum absolute atomic E-state index is 0.269. The molecule has 80 valence electrons. The molecule has 1 N–H and O–H groups in total. The standard InChI is InChI=1S/C11H13NO3/c1-15-10-4-2-3-9(7-10)5-6-12-11(14)8-13/h2-4,7-8H,5-6H2,1H3,(H,12,14). The van der Waals surface area contributed by atoms with Gasteiger partial charge in [0.05, 0.1) is 7.11 Å². The van der Waals surface area contributed by atoms with E-state index in [0.29, 0.717) is 13.0 Å². The van der Waals surface area contributed by atoms with Gasteiger partial charge in [0.25, 0.3) is 5.91 Å². The van der Waals surface area contributed by atoms with E-state index in [1.807, 2.05) is 24.3 Å². The first-order chi connectivity index (χ1) is 7.26. The van der Waals surface area contributed by atoms with Gasteiger partial charge in [0, 0.05) is 6.54 Å². The molecule has 0 heterocycles. The SMILES string of the molecule is COc1cccc(CCNC(=O)C=O)c1. The largest absolute Gasteiger partial charge is 0.497 e. The lowest BCUT2D eigenvalue weighted by atomic mass is 10.1. The van der Waals surface area contributed by atoms with E-state index in [0.717, 1.165) is 11.3 Å². The number of hydrogen-bond donors (Lipinski definition) is 1. The van der Waals surface area contributed by atoms with Crippen molar-refractivity contribution in [3.8, 4) is 5.75 Å². The van der Waals surface area contributed by atoms with E-state index in [1.54, 1.807) is 7.11 Å². The minimum Gasteiger partial charge on any atom is -0.497 e. The Hall–Kier alpha value is -1.84. The van der Waals surface area contributed by atoms with Gasteiger partial charge in [0.2, 0.25) is 6.29 Å². The Bertz CT molecular complexity index is 349. The van der Waals surface area contributed by atoms with E-state index in [9.17, 15) is 9.59 Å². The van der Waals surface area contributed by atoms with Crippen LogP contribution in [0.1, 0.15) is 5.56 Å². The Morgan fingerprint density at radius 1 is 1.53 bits per heavy atom. The Morgan fingerprint density at radius 2 is 2.33 bits per heavy atom. The van der Waals surface area contributed by atoms with Crippen LogP contribution in [-0.4, -0.2) is 25.8 Å². The molecule has 0 bridgehead atoms. The van der Waals surface area contributed by atoms with Crippen LogP contribution in [0.15, 0.2) is 24.3 Å². The summed E-state index contributed by atoms with van der Waals surface area (Å²) < 4.78 is 5.06. The quantitative estimate of drug-likeness (QED) is 0.566. The van der Waals surface area contributed by atoms with Crippen LogP contribution in [0.3, 0.4) is 0 Å². The van der Waals surface area contributed by atoms with Crippen molar-refractivity contribution in [1.82, 2.24) is 5.32 Å². The van der Waals surface area contributed by atoms with E-state index in [2.05, 4.69) is 5.32 Å². The lowest BCUT2D eigenvalue weighted by molar-refractivity contribution is -0.131. The van der Waals surface area contributed by atoms with Crippen molar-refractivity contribution in [3.63, 3.8) is 0 Å². The third-order valence-corrected chi connectivity index (χ3v) is 1.95. The fourth-order valence-corrected chi connectivity index (χ4v) is 1.20. The number of methoxy groups -OCH3 is 1. The highest BCUT2D eigenvalue weighted by molar-refractivity contribution is 6.23. The zero-order chi connectivity index (χ0) is 11.1. The number of amides is 1. The molecule has 0 saturated carbocycles. The normalized spacial score (nSPS) is 9.40. The van der Waals surface area contributed by atoms with Gasteiger partial charge in [-0.1, -0.05) is 12.1 Å². The number of rotatable bonds is 5. The van der Waals surface area contributed by atoms with Crippen LogP contribution in [0.2, 0.25) is 0 Å². The third kappa shape index (κ3) is 3.81. The molecule has 0 aliphatic heterocycles. The molecule has 4 nitrogen and oxygen atoms in total. The molecule has 15 heavy (non-hydrogen) atoms. The van der Waals surface area contributed by atoms with Crippen LogP contribution in [0.4, 0.5) is 0 Å². The fourth-order valence-electron chi connectivity index (χ4n) is 1.20. The van der Waals surface area contributed by atoms with E-state index < -0.39 is 5.91 Å². The molecule has 4 heteroatoms. The number of nitrogens with one attached hydrogen (secondary N) is 1. The minimum atomic E-state index is -0.585. The first kappa shape index (κ1) is 11.2. The van der Waals surface area contributed by atoms with E-state index in [1.165, 1.54) is 0 Å². The molecular formula is C11H13NO3. The van der Waals surface area contributed by atoms with Gasteiger partial charge in [-0.05, 0) is 24.1 Å². The van der Waals surface area contributed by atoms with Crippen LogP contribution in [0.5, 0.6) is 5.75 Å². The molecule has 0 aliphatic carbocycles. The third-order valence-electron chi connectivity index (χ3n) is 1.95. The molecule has 0 fully saturated rings. The molecular weight excluding hydrogens is 194 g/mol. The zero-order valence-electron chi connectivity index (χ0n) is 8.53. The molecule has 0 unspecified atom stereocenters. The van der Waals surface area contributed by atoms with Crippen LogP contribution in [0, 0.1) is 0 Å². The maximum Gasteiger partial charge on any atom is 0.284 e. The smallest absolute Gasteiger partial charge is 0.284 e. The molecule has 0 spiro atoms. The maximum atomic E-state index is 10.6. The number of carbonyl (C=O) groups is 2. The summed E-state index contributed by atoms with van der Waals surface area (Å²) in [5, 5.41) is 2.47. The average molecular weight is 207 g/mol. The van der Waals surface area contributed by atoms with Crippen LogP contribution in [0.25, 0.3) is 0 Å². The summed E-state index contributed by atoms with van der Waals surface area (Å²) in [4.78, 5) is 20.6. The summed E-state index contributed by atoms with van der Waals surface area (Å²) in [7, 11) is 1.60. The Kier molecular flexibility index (Phi) is 4.34. The van der Waals surface area contributed by atoms with Crippen molar-refractivity contribution in [2.45, 2.75) is 6.42 Å². The number of benzene rings is 1. The second-order valence-electron chi connectivity index (χ2n) is 3.01. The van der Waals surface area contributed by atoms with E-state index in [-0.39, 0.29) is 6.29 Å². The summed E-state index contributed by atoms with van der Waals surface area (Å²) in [6.07, 6.45) is 0.947. The van der Waals surface area contributed by atoms with E-state index >= 15 is 0 Å². The first-order valence-corrected chi connectivity index (χ1v) is 4.62. The zero-order valence-corrected chi connectivity index (χ0v) is 8.53. The van der Waals surface area contributed by atoms with Gasteiger partial charge in [0.15, 0.2) is 0 Å². The summed E-state index contributed by atoms with van der Waals surface area (Å²) in [6.45, 7) is 0.449. The summed E-state index contributed by atoms with van der Waals surface area (Å²) in [5.41, 5.74) is 1.06. The average Bonchev–Trinajstić information content (AvgIpc) is 2.29.